The first-order valence-corrected chi connectivity index (χ1v) is 14.1. The molecule has 4 heterocycles. The first-order valence-electron chi connectivity index (χ1n) is 14.1. The minimum atomic E-state index is 0.221. The van der Waals surface area contributed by atoms with Crippen molar-refractivity contribution in [2.45, 2.75) is 69.5 Å². The topological polar surface area (TPSA) is 37.7 Å². The Morgan fingerprint density at radius 2 is 1.70 bits per heavy atom. The molecule has 5 heteroatoms. The summed E-state index contributed by atoms with van der Waals surface area (Å²) >= 11 is 0. The van der Waals surface area contributed by atoms with Crippen LogP contribution in [0.4, 0.5) is 0 Å². The fourth-order valence-electron chi connectivity index (χ4n) is 7.74. The third-order valence-corrected chi connectivity index (χ3v) is 9.37. The van der Waals surface area contributed by atoms with Gasteiger partial charge in [-0.3, -0.25) is 4.79 Å². The number of amides is 1. The number of hydrogen-bond acceptors (Lipinski definition) is 3. The van der Waals surface area contributed by atoms with Gasteiger partial charge in [0.2, 0.25) is 0 Å². The number of carbonyl (C=O) groups excluding carboxylic acids is 1. The van der Waals surface area contributed by atoms with Gasteiger partial charge in [-0.1, -0.05) is 37.5 Å². The molecule has 1 amide bonds. The molecule has 0 N–H and O–H groups in total. The Morgan fingerprint density at radius 3 is 2.46 bits per heavy atom. The number of ether oxygens (including phenoxy) is 1. The number of para-hydroxylation sites is 1. The van der Waals surface area contributed by atoms with Gasteiger partial charge in [-0.2, -0.15) is 0 Å². The second-order valence-electron chi connectivity index (χ2n) is 11.6. The summed E-state index contributed by atoms with van der Waals surface area (Å²) in [5.41, 5.74) is 7.27. The molecular weight excluding hydrogens is 458 g/mol. The van der Waals surface area contributed by atoms with Gasteiger partial charge in [-0.15, -0.1) is 0 Å². The summed E-state index contributed by atoms with van der Waals surface area (Å²) in [6.45, 7) is 2.57. The highest BCUT2D eigenvalue weighted by Gasteiger charge is 2.43. The molecule has 2 unspecified atom stereocenters. The third kappa shape index (κ3) is 3.73. The van der Waals surface area contributed by atoms with Crippen LogP contribution in [0.2, 0.25) is 0 Å². The summed E-state index contributed by atoms with van der Waals surface area (Å²) in [6, 6.07) is 15.9. The fourth-order valence-corrected chi connectivity index (χ4v) is 7.74. The maximum Gasteiger partial charge on any atom is 0.252 e. The van der Waals surface area contributed by atoms with Gasteiger partial charge in [0.15, 0.2) is 0 Å². The quantitative estimate of drug-likeness (QED) is 0.443. The molecule has 3 fully saturated rings. The average Bonchev–Trinajstić information content (AvgIpc) is 3.32. The van der Waals surface area contributed by atoms with E-state index in [-0.39, 0.29) is 5.91 Å². The average molecular weight is 496 g/mol. The van der Waals surface area contributed by atoms with Crippen LogP contribution >= 0.6 is 0 Å². The lowest BCUT2D eigenvalue weighted by Crippen LogP contribution is -2.55. The number of carbonyl (C=O) groups is 1. The van der Waals surface area contributed by atoms with Crippen LogP contribution in [0.5, 0.6) is 5.75 Å². The van der Waals surface area contributed by atoms with Gasteiger partial charge in [0.05, 0.1) is 19.3 Å². The van der Waals surface area contributed by atoms with E-state index in [2.05, 4.69) is 70.0 Å². The molecule has 4 aliphatic rings. The summed E-state index contributed by atoms with van der Waals surface area (Å²) in [5.74, 6) is 1.63. The Bertz CT molecular complexity index is 1380. The predicted octanol–water partition coefficient (Wildman–Crippen LogP) is 6.07. The Morgan fingerprint density at radius 1 is 0.946 bits per heavy atom. The van der Waals surface area contributed by atoms with Gasteiger partial charge in [-0.05, 0) is 80.1 Å². The lowest BCUT2D eigenvalue weighted by atomic mass is 9.81. The number of nitrogens with zero attached hydrogens (tertiary/aromatic N) is 3. The minimum Gasteiger partial charge on any atom is -0.497 e. The van der Waals surface area contributed by atoms with Crippen LogP contribution in [-0.4, -0.2) is 59.6 Å². The fraction of sp³-hybridized carbons (Fsp3) is 0.469. The highest BCUT2D eigenvalue weighted by atomic mass is 16.5. The smallest absolute Gasteiger partial charge is 0.252 e. The van der Waals surface area contributed by atoms with E-state index in [1.165, 1.54) is 59.8 Å². The SMILES string of the molecule is COc1ccc2c(c1)C=C(C(=O)N1C3CCC1CN(C)C3)Cn1c-2c(C2CCCCC2)c2ccccc21. The molecule has 192 valence electrons. The molecule has 2 bridgehead atoms. The number of likely N-dealkylation sites (N-methyl/N-ethyl adjacent to an activating group) is 1. The summed E-state index contributed by atoms with van der Waals surface area (Å²) in [5, 5.41) is 1.36. The Labute approximate surface area is 219 Å². The molecular formula is C32H37N3O2. The van der Waals surface area contributed by atoms with E-state index in [1.54, 1.807) is 7.11 Å². The van der Waals surface area contributed by atoms with Crippen LogP contribution in [0.1, 0.15) is 62.0 Å². The Balaban J connectivity index is 1.41. The van der Waals surface area contributed by atoms with E-state index in [9.17, 15) is 4.79 Å². The van der Waals surface area contributed by atoms with E-state index in [1.807, 2.05) is 0 Å². The molecule has 37 heavy (non-hydrogen) atoms. The van der Waals surface area contributed by atoms with Gasteiger partial charge >= 0.3 is 0 Å². The molecule has 3 aliphatic heterocycles. The third-order valence-electron chi connectivity index (χ3n) is 9.37. The molecule has 0 spiro atoms. The molecule has 2 aromatic carbocycles. The van der Waals surface area contributed by atoms with Gasteiger partial charge in [0.1, 0.15) is 5.75 Å². The van der Waals surface area contributed by atoms with Crippen molar-refractivity contribution in [2.75, 3.05) is 27.2 Å². The molecule has 0 radical (unpaired) electrons. The maximum atomic E-state index is 14.3. The zero-order valence-corrected chi connectivity index (χ0v) is 22.1. The van der Waals surface area contributed by atoms with E-state index >= 15 is 0 Å². The molecule has 1 saturated carbocycles. The number of fused-ring (bicyclic) bond motifs is 7. The van der Waals surface area contributed by atoms with Crippen molar-refractivity contribution in [1.82, 2.24) is 14.4 Å². The van der Waals surface area contributed by atoms with Gasteiger partial charge in [-0.25, -0.2) is 0 Å². The van der Waals surface area contributed by atoms with Crippen LogP contribution in [0, 0.1) is 0 Å². The van der Waals surface area contributed by atoms with E-state index in [4.69, 9.17) is 4.74 Å². The Kier molecular flexibility index (Phi) is 5.65. The van der Waals surface area contributed by atoms with E-state index in [0.717, 1.165) is 42.8 Å². The summed E-state index contributed by atoms with van der Waals surface area (Å²) < 4.78 is 8.10. The molecule has 2 saturated heterocycles. The first kappa shape index (κ1) is 23.1. The summed E-state index contributed by atoms with van der Waals surface area (Å²) in [7, 11) is 3.91. The van der Waals surface area contributed by atoms with Crippen LogP contribution < -0.4 is 4.74 Å². The number of benzene rings is 2. The zero-order chi connectivity index (χ0) is 25.1. The number of likely N-dealkylation sites (tertiary alicyclic amines) is 1. The van der Waals surface area contributed by atoms with Gasteiger partial charge in [0, 0.05) is 47.2 Å². The summed E-state index contributed by atoms with van der Waals surface area (Å²) in [4.78, 5) is 18.9. The normalized spacial score (nSPS) is 23.9. The zero-order valence-electron chi connectivity index (χ0n) is 22.1. The lowest BCUT2D eigenvalue weighted by molar-refractivity contribution is -0.132. The largest absolute Gasteiger partial charge is 0.497 e. The second kappa shape index (κ2) is 9.05. The Hall–Kier alpha value is -3.05. The van der Waals surface area contributed by atoms with E-state index in [0.29, 0.717) is 24.5 Å². The number of aromatic nitrogens is 1. The molecule has 3 aromatic rings. The van der Waals surface area contributed by atoms with Gasteiger partial charge in [0.25, 0.3) is 5.91 Å². The molecule has 2 atom stereocenters. The van der Waals surface area contributed by atoms with Crippen molar-refractivity contribution < 1.29 is 9.53 Å². The minimum absolute atomic E-state index is 0.221. The van der Waals surface area contributed by atoms with Crippen molar-refractivity contribution in [2.24, 2.45) is 0 Å². The van der Waals surface area contributed by atoms with Gasteiger partial charge < -0.3 is 19.1 Å². The van der Waals surface area contributed by atoms with Crippen molar-refractivity contribution in [3.05, 3.63) is 59.2 Å². The van der Waals surface area contributed by atoms with Crippen LogP contribution in [0.15, 0.2) is 48.0 Å². The first-order chi connectivity index (χ1) is 18.1. The highest BCUT2D eigenvalue weighted by molar-refractivity contribution is 6.02. The van der Waals surface area contributed by atoms with Crippen molar-refractivity contribution in [3.8, 4) is 17.0 Å². The van der Waals surface area contributed by atoms with Crippen LogP contribution in [-0.2, 0) is 11.3 Å². The number of hydrogen-bond donors (Lipinski definition) is 0. The van der Waals surface area contributed by atoms with Crippen LogP contribution in [0.25, 0.3) is 28.2 Å². The summed E-state index contributed by atoms with van der Waals surface area (Å²) in [6.07, 6.45) is 10.8. The molecule has 1 aliphatic carbocycles. The number of piperazine rings is 1. The maximum absolute atomic E-state index is 14.3. The van der Waals surface area contributed by atoms with Crippen molar-refractivity contribution in [3.63, 3.8) is 0 Å². The predicted molar refractivity (Wildman–Crippen MR) is 149 cm³/mol. The van der Waals surface area contributed by atoms with Crippen molar-refractivity contribution >= 4 is 22.9 Å². The van der Waals surface area contributed by atoms with E-state index < -0.39 is 0 Å². The molecule has 7 rings (SSSR count). The number of rotatable bonds is 3. The number of methoxy groups -OCH3 is 1. The van der Waals surface area contributed by atoms with Crippen LogP contribution in [0.3, 0.4) is 0 Å². The highest BCUT2D eigenvalue weighted by Crippen LogP contribution is 2.47. The standard InChI is InChI=1S/C32H37N3O2/c1-33-19-24-12-13-25(20-33)35(24)32(36)23-16-22-17-26(37-2)14-15-27(22)31-30(21-8-4-3-5-9-21)28-10-6-7-11-29(28)34(31)18-23/h6-7,10-11,14-17,21,24-25H,3-5,8-9,12-13,18-20H2,1-2H3. The van der Waals surface area contributed by atoms with Crippen molar-refractivity contribution in [1.29, 1.82) is 0 Å². The molecule has 5 nitrogen and oxygen atoms in total. The second-order valence-corrected chi connectivity index (χ2v) is 11.6. The lowest BCUT2D eigenvalue weighted by Gasteiger charge is -2.40. The molecule has 1 aromatic heterocycles. The monoisotopic (exact) mass is 495 g/mol.